The highest BCUT2D eigenvalue weighted by molar-refractivity contribution is 5.77. The second-order valence-corrected chi connectivity index (χ2v) is 16.8. The molecule has 1 atom stereocenters. The first-order chi connectivity index (χ1) is 32.4. The largest absolute Gasteiger partial charge is 0.493 e. The lowest BCUT2D eigenvalue weighted by Gasteiger charge is -2.13. The zero-order valence-corrected chi connectivity index (χ0v) is 38.4. The van der Waals surface area contributed by atoms with Crippen LogP contribution in [-0.4, -0.2) is 74.0 Å². The SMILES string of the molecule is Cc1cc(-c2cnc(NCc3c(F)ccc4c3CCO4)n3cc(C(C)C)nc23)n(C)n1.Cc1cc(-c2cnc(NCc3c(F)ccc4c3CCO4)n3cc(C(C)N)nc23)n(C)n1.O=CC(F)(F)F. The molecule has 21 heteroatoms. The van der Waals surface area contributed by atoms with Gasteiger partial charge in [-0.3, -0.25) is 23.0 Å². The van der Waals surface area contributed by atoms with E-state index in [1.807, 2.05) is 77.6 Å². The van der Waals surface area contributed by atoms with E-state index in [9.17, 15) is 22.0 Å². The minimum Gasteiger partial charge on any atom is -0.493 e. The van der Waals surface area contributed by atoms with E-state index >= 15 is 0 Å². The highest BCUT2D eigenvalue weighted by Crippen LogP contribution is 2.34. The van der Waals surface area contributed by atoms with Crippen LogP contribution in [0.2, 0.25) is 0 Å². The van der Waals surface area contributed by atoms with Crippen molar-refractivity contribution in [1.29, 1.82) is 0 Å². The molecule has 8 aromatic rings. The van der Waals surface area contributed by atoms with Crippen LogP contribution in [-0.2, 0) is 44.8 Å². The summed E-state index contributed by atoms with van der Waals surface area (Å²) >= 11 is 0. The van der Waals surface area contributed by atoms with E-state index in [1.165, 1.54) is 12.1 Å². The Labute approximate surface area is 387 Å². The van der Waals surface area contributed by atoms with E-state index in [4.69, 9.17) is 30.0 Å². The third kappa shape index (κ3) is 9.69. The Morgan fingerprint density at radius 3 is 1.54 bits per heavy atom. The van der Waals surface area contributed by atoms with Gasteiger partial charge in [-0.25, -0.2) is 28.7 Å². The molecule has 0 aliphatic carbocycles. The first kappa shape index (κ1) is 47.1. The number of benzene rings is 2. The minimum absolute atomic E-state index is 0.233. The van der Waals surface area contributed by atoms with Crippen LogP contribution in [0.4, 0.5) is 33.8 Å². The molecule has 0 spiro atoms. The molecule has 0 amide bonds. The van der Waals surface area contributed by atoms with Crippen molar-refractivity contribution in [1.82, 2.24) is 48.3 Å². The van der Waals surface area contributed by atoms with Crippen LogP contribution in [0.15, 0.2) is 61.2 Å². The maximum Gasteiger partial charge on any atom is 0.446 e. The number of aromatic nitrogens is 10. The van der Waals surface area contributed by atoms with Crippen molar-refractivity contribution in [2.75, 3.05) is 23.8 Å². The molecule has 2 aliphatic heterocycles. The number of alkyl halides is 3. The Bertz CT molecular complexity index is 2950. The topological polar surface area (TPSA) is 182 Å². The molecule has 1 unspecified atom stereocenters. The van der Waals surface area contributed by atoms with Crippen molar-refractivity contribution in [3.8, 4) is 34.0 Å². The van der Waals surface area contributed by atoms with Gasteiger partial charge in [-0.2, -0.15) is 23.4 Å². The number of nitrogens with two attached hydrogens (primary N) is 1. The normalized spacial score (nSPS) is 13.3. The summed E-state index contributed by atoms with van der Waals surface area (Å²) in [5.41, 5.74) is 17.9. The Hall–Kier alpha value is -7.42. The molecule has 68 heavy (non-hydrogen) atoms. The molecule has 0 bridgehead atoms. The number of fused-ring (bicyclic) bond motifs is 4. The second-order valence-electron chi connectivity index (χ2n) is 16.8. The summed E-state index contributed by atoms with van der Waals surface area (Å²) in [4.78, 5) is 27.6. The summed E-state index contributed by atoms with van der Waals surface area (Å²) in [5, 5.41) is 15.5. The van der Waals surface area contributed by atoms with E-state index in [2.05, 4.69) is 44.6 Å². The third-order valence-electron chi connectivity index (χ3n) is 11.5. The Morgan fingerprint density at radius 2 is 1.16 bits per heavy atom. The van der Waals surface area contributed by atoms with E-state index in [1.54, 1.807) is 24.5 Å². The average molecular weight is 940 g/mol. The van der Waals surface area contributed by atoms with Gasteiger partial charge in [-0.15, -0.1) is 0 Å². The predicted molar refractivity (Wildman–Crippen MR) is 245 cm³/mol. The van der Waals surface area contributed by atoms with Gasteiger partial charge in [-0.1, -0.05) is 13.8 Å². The summed E-state index contributed by atoms with van der Waals surface area (Å²) in [6.07, 6.45) is 3.15. The van der Waals surface area contributed by atoms with E-state index in [0.29, 0.717) is 55.6 Å². The molecule has 0 radical (unpaired) electrons. The number of rotatable bonds is 10. The number of aryl methyl sites for hydroxylation is 4. The summed E-state index contributed by atoms with van der Waals surface area (Å²) in [6, 6.07) is 10.1. The molecule has 0 saturated carbocycles. The molecule has 2 aliphatic rings. The van der Waals surface area contributed by atoms with Crippen LogP contribution in [0.1, 0.15) is 77.8 Å². The van der Waals surface area contributed by atoms with Crippen molar-refractivity contribution in [3.63, 3.8) is 0 Å². The fraction of sp³-hybridized carbons (Fsp3) is 0.340. The predicted octanol–water partition coefficient (Wildman–Crippen LogP) is 8.14. The number of carbonyl (C=O) groups excluding carboxylic acids is 1. The number of nitrogens with one attached hydrogen (secondary N) is 2. The Balaban J connectivity index is 0.000000164. The van der Waals surface area contributed by atoms with Crippen LogP contribution >= 0.6 is 0 Å². The van der Waals surface area contributed by atoms with E-state index in [-0.39, 0.29) is 30.1 Å². The molecular formula is C47H50F5N13O3. The van der Waals surface area contributed by atoms with Gasteiger partial charge in [0.05, 0.1) is 58.5 Å². The summed E-state index contributed by atoms with van der Waals surface area (Å²) in [7, 11) is 3.80. The van der Waals surface area contributed by atoms with E-state index < -0.39 is 12.5 Å². The highest BCUT2D eigenvalue weighted by atomic mass is 19.4. The lowest BCUT2D eigenvalue weighted by atomic mass is 10.0. The summed E-state index contributed by atoms with van der Waals surface area (Å²) in [6.45, 7) is 11.8. The maximum atomic E-state index is 14.6. The number of carbonyl (C=O) groups is 1. The van der Waals surface area contributed by atoms with Gasteiger partial charge >= 0.3 is 6.18 Å². The second kappa shape index (κ2) is 19.1. The van der Waals surface area contributed by atoms with Crippen molar-refractivity contribution in [3.05, 3.63) is 118 Å². The minimum atomic E-state index is -4.64. The van der Waals surface area contributed by atoms with Crippen molar-refractivity contribution in [2.24, 2.45) is 19.8 Å². The van der Waals surface area contributed by atoms with Crippen molar-refractivity contribution < 1.29 is 36.2 Å². The zero-order valence-electron chi connectivity index (χ0n) is 38.4. The number of halogens is 5. The van der Waals surface area contributed by atoms with Gasteiger partial charge in [0, 0.05) is 93.1 Å². The van der Waals surface area contributed by atoms with Gasteiger partial charge < -0.3 is 25.8 Å². The van der Waals surface area contributed by atoms with Gasteiger partial charge in [0.15, 0.2) is 11.3 Å². The lowest BCUT2D eigenvalue weighted by molar-refractivity contribution is -0.156. The molecule has 356 valence electrons. The number of anilines is 2. The van der Waals surface area contributed by atoms with Crippen LogP contribution < -0.4 is 25.8 Å². The van der Waals surface area contributed by atoms with Gasteiger partial charge in [0.2, 0.25) is 18.2 Å². The Morgan fingerprint density at radius 1 is 0.735 bits per heavy atom. The first-order valence-corrected chi connectivity index (χ1v) is 21.8. The highest BCUT2D eigenvalue weighted by Gasteiger charge is 2.26. The fourth-order valence-corrected chi connectivity index (χ4v) is 8.18. The number of ether oxygens (including phenoxy) is 2. The van der Waals surface area contributed by atoms with Gasteiger partial charge in [-0.05, 0) is 63.1 Å². The van der Waals surface area contributed by atoms with Crippen molar-refractivity contribution >= 4 is 29.5 Å². The van der Waals surface area contributed by atoms with Crippen LogP contribution in [0.3, 0.4) is 0 Å². The standard InChI is InChI=1S/C23H25FN6O.C22H24FN7O.C2HF3O/c1-13(2)19-12-30-22(27-19)17(20-9-14(3)28-29(20)4)11-26-23(30)25-10-16-15-7-8-31-21(15)6-5-18(16)24;1-12-8-19(29(3)28-12)16-10-26-22(30-11-18(13(2)24)27-21(16)30)25-9-15-14-6-7-31-20(14)5-4-17(15)23;3-2(4,5)1-6/h5-6,9,11-13H,7-8,10H2,1-4H3,(H,25,26);4-5,8,10-11,13H,6-7,9,24H2,1-3H3,(H,25,26);1H. The monoisotopic (exact) mass is 939 g/mol. The maximum absolute atomic E-state index is 14.6. The zero-order chi connectivity index (χ0) is 48.6. The molecule has 8 heterocycles. The molecule has 6 aromatic heterocycles. The number of imidazole rings is 2. The van der Waals surface area contributed by atoms with Gasteiger partial charge in [0.1, 0.15) is 23.1 Å². The smallest absolute Gasteiger partial charge is 0.446 e. The molecule has 4 N–H and O–H groups in total. The van der Waals surface area contributed by atoms with Crippen LogP contribution in [0, 0.1) is 25.5 Å². The first-order valence-electron chi connectivity index (χ1n) is 21.8. The molecular weight excluding hydrogens is 890 g/mol. The fourth-order valence-electron chi connectivity index (χ4n) is 8.18. The third-order valence-corrected chi connectivity index (χ3v) is 11.5. The number of nitrogens with zero attached hydrogens (tertiary/aromatic N) is 10. The summed E-state index contributed by atoms with van der Waals surface area (Å²) in [5.74, 6) is 2.48. The Kier molecular flexibility index (Phi) is 13.2. The van der Waals surface area contributed by atoms with E-state index in [0.717, 1.165) is 79.2 Å². The molecule has 2 aromatic carbocycles. The van der Waals surface area contributed by atoms with Crippen LogP contribution in [0.25, 0.3) is 33.8 Å². The molecule has 0 fully saturated rings. The molecule has 10 rings (SSSR count). The quantitative estimate of drug-likeness (QED) is 0.0886. The lowest BCUT2D eigenvalue weighted by Crippen LogP contribution is -2.10. The average Bonchev–Trinajstić information content (AvgIpc) is 4.16. The summed E-state index contributed by atoms with van der Waals surface area (Å²) < 4.78 is 79.0. The number of hydrogen-bond acceptors (Lipinski definition) is 12. The molecule has 16 nitrogen and oxygen atoms in total. The van der Waals surface area contributed by atoms with Crippen LogP contribution in [0.5, 0.6) is 11.5 Å². The molecule has 0 saturated heterocycles. The van der Waals surface area contributed by atoms with Crippen molar-refractivity contribution in [2.45, 2.75) is 78.7 Å². The number of hydrogen-bond donors (Lipinski definition) is 3. The van der Waals surface area contributed by atoms with Gasteiger partial charge in [0.25, 0.3) is 0 Å². The number of aldehydes is 1.